The summed E-state index contributed by atoms with van der Waals surface area (Å²) in [4.78, 5) is 15.9. The van der Waals surface area contributed by atoms with Gasteiger partial charge >= 0.3 is 6.03 Å². The van der Waals surface area contributed by atoms with Crippen LogP contribution in [0.4, 0.5) is 4.79 Å². The van der Waals surface area contributed by atoms with Crippen molar-refractivity contribution in [1.82, 2.24) is 20.8 Å². The molecule has 0 fully saturated rings. The Kier molecular flexibility index (Phi) is 5.63. The van der Waals surface area contributed by atoms with Crippen LogP contribution < -0.4 is 10.6 Å². The van der Waals surface area contributed by atoms with Gasteiger partial charge in [0.2, 0.25) is 5.89 Å². The Balaban J connectivity index is 1.81. The molecule has 2 aromatic rings. The van der Waals surface area contributed by atoms with E-state index in [1.165, 1.54) is 0 Å². The van der Waals surface area contributed by atoms with Crippen LogP contribution in [0.25, 0.3) is 0 Å². The van der Waals surface area contributed by atoms with E-state index < -0.39 is 0 Å². The summed E-state index contributed by atoms with van der Waals surface area (Å²) in [6, 6.07) is 4.63. The van der Waals surface area contributed by atoms with E-state index in [0.29, 0.717) is 34.7 Å². The fourth-order valence-corrected chi connectivity index (χ4v) is 2.47. The second-order valence-corrected chi connectivity index (χ2v) is 5.62. The molecule has 0 unspecified atom stereocenters. The molecule has 0 radical (unpaired) electrons. The molecule has 118 valence electrons. The third-order valence-electron chi connectivity index (χ3n) is 2.97. The number of hydrogen-bond donors (Lipinski definition) is 2. The first-order chi connectivity index (χ1) is 10.5. The van der Waals surface area contributed by atoms with Gasteiger partial charge in [-0.05, 0) is 31.5 Å². The lowest BCUT2D eigenvalue weighted by Gasteiger charge is -2.16. The molecule has 0 saturated carbocycles. The van der Waals surface area contributed by atoms with Gasteiger partial charge in [-0.15, -0.1) is 0 Å². The lowest BCUT2D eigenvalue weighted by atomic mass is 10.1. The van der Waals surface area contributed by atoms with Crippen LogP contribution in [-0.4, -0.2) is 22.7 Å². The average Bonchev–Trinajstić information content (AvgIpc) is 2.84. The van der Waals surface area contributed by atoms with Crippen LogP contribution in [0.5, 0.6) is 0 Å². The van der Waals surface area contributed by atoms with Crippen LogP contribution in [0.1, 0.15) is 30.2 Å². The summed E-state index contributed by atoms with van der Waals surface area (Å²) >= 11 is 12.0. The van der Waals surface area contributed by atoms with Crippen LogP contribution in [0, 0.1) is 6.92 Å². The standard InChI is InChI=1S/C14H16Cl2N4O2/c1-8(11-4-3-10(15)7-12(11)16)18-14(21)17-6-5-13-19-9(2)20-22-13/h3-4,7-8H,5-6H2,1-2H3,(H2,17,18,21)/t8-/m0/s1. The number of aryl methyl sites for hydroxylation is 1. The smallest absolute Gasteiger partial charge is 0.315 e. The molecule has 1 atom stereocenters. The van der Waals surface area contributed by atoms with E-state index >= 15 is 0 Å². The largest absolute Gasteiger partial charge is 0.339 e. The first kappa shape index (κ1) is 16.6. The molecule has 2 rings (SSSR count). The predicted octanol–water partition coefficient (Wildman–Crippen LogP) is 3.29. The van der Waals surface area contributed by atoms with Crippen molar-refractivity contribution < 1.29 is 9.32 Å². The highest BCUT2D eigenvalue weighted by atomic mass is 35.5. The van der Waals surface area contributed by atoms with E-state index in [1.54, 1.807) is 25.1 Å². The molecule has 6 nitrogen and oxygen atoms in total. The number of carbonyl (C=O) groups excluding carboxylic acids is 1. The Morgan fingerprint density at radius 1 is 1.41 bits per heavy atom. The Bertz CT molecular complexity index is 660. The molecular formula is C14H16Cl2N4O2. The molecule has 8 heteroatoms. The molecule has 0 aliphatic rings. The van der Waals surface area contributed by atoms with Crippen LogP contribution in [-0.2, 0) is 6.42 Å². The Hall–Kier alpha value is -1.79. The van der Waals surface area contributed by atoms with Crippen molar-refractivity contribution >= 4 is 29.2 Å². The van der Waals surface area contributed by atoms with Crippen molar-refractivity contribution in [3.8, 4) is 0 Å². The zero-order valence-corrected chi connectivity index (χ0v) is 13.7. The number of halogens is 2. The van der Waals surface area contributed by atoms with Crippen LogP contribution in [0.15, 0.2) is 22.7 Å². The molecule has 1 aromatic heterocycles. The quantitative estimate of drug-likeness (QED) is 0.873. The minimum atomic E-state index is -0.297. The fraction of sp³-hybridized carbons (Fsp3) is 0.357. The first-order valence-electron chi connectivity index (χ1n) is 6.74. The predicted molar refractivity (Wildman–Crippen MR) is 84.2 cm³/mol. The number of urea groups is 1. The van der Waals surface area contributed by atoms with Gasteiger partial charge in [0.15, 0.2) is 5.82 Å². The van der Waals surface area contributed by atoms with Crippen molar-refractivity contribution in [2.45, 2.75) is 26.3 Å². The second-order valence-electron chi connectivity index (χ2n) is 4.77. The molecule has 1 aromatic carbocycles. The van der Waals surface area contributed by atoms with Gasteiger partial charge in [-0.2, -0.15) is 4.98 Å². The van der Waals surface area contributed by atoms with Gasteiger partial charge < -0.3 is 15.2 Å². The molecule has 22 heavy (non-hydrogen) atoms. The van der Waals surface area contributed by atoms with Crippen molar-refractivity contribution in [1.29, 1.82) is 0 Å². The highest BCUT2D eigenvalue weighted by Crippen LogP contribution is 2.25. The van der Waals surface area contributed by atoms with E-state index in [-0.39, 0.29) is 12.1 Å². The van der Waals surface area contributed by atoms with Crippen molar-refractivity contribution in [2.24, 2.45) is 0 Å². The van der Waals surface area contributed by atoms with E-state index in [9.17, 15) is 4.79 Å². The molecule has 0 aliphatic heterocycles. The molecule has 0 aliphatic carbocycles. The fourth-order valence-electron chi connectivity index (χ4n) is 1.90. The maximum atomic E-state index is 11.8. The lowest BCUT2D eigenvalue weighted by molar-refractivity contribution is 0.237. The number of carbonyl (C=O) groups is 1. The van der Waals surface area contributed by atoms with Gasteiger partial charge in [-0.25, -0.2) is 4.79 Å². The number of benzene rings is 1. The van der Waals surface area contributed by atoms with E-state index in [4.69, 9.17) is 27.7 Å². The first-order valence-corrected chi connectivity index (χ1v) is 7.50. The zero-order chi connectivity index (χ0) is 16.1. The topological polar surface area (TPSA) is 80.0 Å². The summed E-state index contributed by atoms with van der Waals surface area (Å²) in [5.41, 5.74) is 0.800. The zero-order valence-electron chi connectivity index (χ0n) is 12.2. The monoisotopic (exact) mass is 342 g/mol. The molecule has 0 spiro atoms. The Labute approximate surface area is 138 Å². The number of amides is 2. The van der Waals surface area contributed by atoms with Crippen molar-refractivity contribution in [3.05, 3.63) is 45.5 Å². The molecule has 0 saturated heterocycles. The summed E-state index contributed by atoms with van der Waals surface area (Å²) in [5.74, 6) is 1.07. The summed E-state index contributed by atoms with van der Waals surface area (Å²) in [6.45, 7) is 3.98. The van der Waals surface area contributed by atoms with Gasteiger partial charge in [0.25, 0.3) is 0 Å². The molecule has 1 heterocycles. The van der Waals surface area contributed by atoms with Crippen LogP contribution in [0.2, 0.25) is 10.0 Å². The lowest BCUT2D eigenvalue weighted by Crippen LogP contribution is -2.38. The summed E-state index contributed by atoms with van der Waals surface area (Å²) in [7, 11) is 0. The summed E-state index contributed by atoms with van der Waals surface area (Å²) in [5, 5.41) is 10.3. The number of nitrogens with zero attached hydrogens (tertiary/aromatic N) is 2. The third kappa shape index (κ3) is 4.61. The minimum Gasteiger partial charge on any atom is -0.339 e. The maximum absolute atomic E-state index is 11.8. The number of rotatable bonds is 5. The number of hydrogen-bond acceptors (Lipinski definition) is 4. The summed E-state index contributed by atoms with van der Waals surface area (Å²) < 4.78 is 4.96. The molecular weight excluding hydrogens is 327 g/mol. The van der Waals surface area contributed by atoms with Gasteiger partial charge in [0.05, 0.1) is 6.04 Å². The van der Waals surface area contributed by atoms with Gasteiger partial charge in [0, 0.05) is 23.0 Å². The van der Waals surface area contributed by atoms with Crippen molar-refractivity contribution in [3.63, 3.8) is 0 Å². The highest BCUT2D eigenvalue weighted by molar-refractivity contribution is 6.35. The van der Waals surface area contributed by atoms with Gasteiger partial charge in [0.1, 0.15) is 0 Å². The minimum absolute atomic E-state index is 0.240. The third-order valence-corrected chi connectivity index (χ3v) is 3.53. The van der Waals surface area contributed by atoms with Crippen LogP contribution in [0.3, 0.4) is 0 Å². The van der Waals surface area contributed by atoms with Gasteiger partial charge in [-0.1, -0.05) is 34.4 Å². The normalized spacial score (nSPS) is 12.0. The van der Waals surface area contributed by atoms with Crippen molar-refractivity contribution in [2.75, 3.05) is 6.54 Å². The second kappa shape index (κ2) is 7.47. The van der Waals surface area contributed by atoms with E-state index in [0.717, 1.165) is 5.56 Å². The van der Waals surface area contributed by atoms with Crippen LogP contribution >= 0.6 is 23.2 Å². The Morgan fingerprint density at radius 3 is 2.82 bits per heavy atom. The average molecular weight is 343 g/mol. The molecule has 2 N–H and O–H groups in total. The van der Waals surface area contributed by atoms with Gasteiger partial charge in [-0.3, -0.25) is 0 Å². The van der Waals surface area contributed by atoms with E-state index in [2.05, 4.69) is 20.8 Å². The molecule has 0 bridgehead atoms. The molecule has 2 amide bonds. The number of nitrogens with one attached hydrogen (secondary N) is 2. The maximum Gasteiger partial charge on any atom is 0.315 e. The Morgan fingerprint density at radius 2 is 2.18 bits per heavy atom. The summed E-state index contributed by atoms with van der Waals surface area (Å²) in [6.07, 6.45) is 0.477. The number of aromatic nitrogens is 2. The highest BCUT2D eigenvalue weighted by Gasteiger charge is 2.13. The van der Waals surface area contributed by atoms with E-state index in [1.807, 2.05) is 6.92 Å². The SMILES string of the molecule is Cc1noc(CCNC(=O)N[C@@H](C)c2ccc(Cl)cc2Cl)n1.